The van der Waals surface area contributed by atoms with E-state index < -0.39 is 48.0 Å². The average molecular weight is 553 g/mol. The maximum atomic E-state index is 14.1. The molecule has 3 heterocycles. The number of aliphatic hydroxyl groups excluding tert-OH is 1. The molecule has 1 aromatic carbocycles. The van der Waals surface area contributed by atoms with E-state index in [9.17, 15) is 28.7 Å². The van der Waals surface area contributed by atoms with Crippen molar-refractivity contribution in [2.75, 3.05) is 19.7 Å². The number of Topliss-reactive ketones (excluding diaryl/α,β-unsaturated/α-hetero) is 1. The number of fused-ring (bicyclic) bond motifs is 2. The zero-order chi connectivity index (χ0) is 26.4. The highest BCUT2D eigenvalue weighted by atomic mass is 35.5. The second-order valence-electron chi connectivity index (χ2n) is 10.1. The van der Waals surface area contributed by atoms with Gasteiger partial charge in [-0.05, 0) is 49.7 Å². The molecule has 3 aliphatic rings. The number of amides is 3. The predicted octanol–water partition coefficient (Wildman–Crippen LogP) is 2.43. The third kappa shape index (κ3) is 4.70. The Morgan fingerprint density at radius 3 is 2.70 bits per heavy atom. The summed E-state index contributed by atoms with van der Waals surface area (Å²) in [5.41, 5.74) is 0.438. The molecule has 1 unspecified atom stereocenters. The zero-order valence-corrected chi connectivity index (χ0v) is 21.4. The minimum Gasteiger partial charge on any atom is -0.389 e. The van der Waals surface area contributed by atoms with Crippen molar-refractivity contribution < 1.29 is 28.7 Å². The zero-order valence-electron chi connectivity index (χ0n) is 19.9. The number of ketones is 1. The largest absolute Gasteiger partial charge is 0.389 e. The number of rotatable bonds is 7. The molecule has 1 aromatic heterocycles. The van der Waals surface area contributed by atoms with Gasteiger partial charge in [-0.25, -0.2) is 4.39 Å². The second-order valence-corrected chi connectivity index (χ2v) is 10.9. The molecule has 12 heteroatoms. The van der Waals surface area contributed by atoms with Crippen LogP contribution in [-0.4, -0.2) is 70.3 Å². The molecule has 0 radical (unpaired) electrons. The van der Waals surface area contributed by atoms with Crippen LogP contribution in [0.25, 0.3) is 10.9 Å². The Kier molecular flexibility index (Phi) is 7.17. The van der Waals surface area contributed by atoms with Crippen LogP contribution >= 0.6 is 23.2 Å². The van der Waals surface area contributed by atoms with E-state index in [0.29, 0.717) is 25.0 Å². The minimum absolute atomic E-state index is 0.0739. The van der Waals surface area contributed by atoms with Crippen LogP contribution < -0.4 is 10.6 Å². The Bertz CT molecular complexity index is 1280. The fraction of sp³-hybridized carbons (Fsp3) is 0.520. The van der Waals surface area contributed by atoms with Gasteiger partial charge in [0.1, 0.15) is 24.2 Å². The third-order valence-corrected chi connectivity index (χ3v) is 8.63. The Balaban J connectivity index is 1.41. The SMILES string of the molecule is O=C(CO)C(C[C@@H]1CCNC1=O)NC(=O)[C@@H]1[C@H]2CCC[C@H]2CN1C(=O)c1cc2c(Cl)c(F)cc(Cl)c2[nH]1. The van der Waals surface area contributed by atoms with Crippen LogP contribution in [0, 0.1) is 23.6 Å². The molecule has 1 saturated carbocycles. The number of aliphatic hydroxyl groups is 1. The number of hydrogen-bond acceptors (Lipinski definition) is 5. The quantitative estimate of drug-likeness (QED) is 0.392. The van der Waals surface area contributed by atoms with E-state index in [0.717, 1.165) is 25.3 Å². The lowest BCUT2D eigenvalue weighted by molar-refractivity contribution is -0.133. The van der Waals surface area contributed by atoms with E-state index in [4.69, 9.17) is 23.2 Å². The smallest absolute Gasteiger partial charge is 0.271 e. The molecule has 0 spiro atoms. The van der Waals surface area contributed by atoms with Crippen molar-refractivity contribution in [3.05, 3.63) is 33.7 Å². The van der Waals surface area contributed by atoms with E-state index in [1.165, 1.54) is 11.0 Å². The van der Waals surface area contributed by atoms with Crippen LogP contribution in [0.1, 0.15) is 42.6 Å². The molecule has 198 valence electrons. The molecule has 2 aromatic rings. The first-order valence-corrected chi connectivity index (χ1v) is 13.1. The van der Waals surface area contributed by atoms with Crippen LogP contribution in [0.2, 0.25) is 10.0 Å². The maximum Gasteiger partial charge on any atom is 0.271 e. The lowest BCUT2D eigenvalue weighted by atomic mass is 9.92. The van der Waals surface area contributed by atoms with Crippen molar-refractivity contribution in [1.82, 2.24) is 20.5 Å². The average Bonchev–Trinajstić information content (AvgIpc) is 3.65. The van der Waals surface area contributed by atoms with Crippen molar-refractivity contribution in [1.29, 1.82) is 0 Å². The van der Waals surface area contributed by atoms with Gasteiger partial charge in [-0.3, -0.25) is 19.2 Å². The summed E-state index contributed by atoms with van der Waals surface area (Å²) >= 11 is 12.2. The minimum atomic E-state index is -1.04. The van der Waals surface area contributed by atoms with Crippen molar-refractivity contribution >= 4 is 57.6 Å². The normalized spacial score (nSPS) is 25.8. The summed E-state index contributed by atoms with van der Waals surface area (Å²) in [5, 5.41) is 15.1. The van der Waals surface area contributed by atoms with Gasteiger partial charge < -0.3 is 25.6 Å². The first-order chi connectivity index (χ1) is 17.7. The Labute approximate surface area is 222 Å². The Morgan fingerprint density at radius 1 is 1.22 bits per heavy atom. The maximum absolute atomic E-state index is 14.1. The number of benzene rings is 1. The molecular weight excluding hydrogens is 526 g/mol. The predicted molar refractivity (Wildman–Crippen MR) is 134 cm³/mol. The first kappa shape index (κ1) is 25.9. The summed E-state index contributed by atoms with van der Waals surface area (Å²) < 4.78 is 14.1. The molecule has 0 bridgehead atoms. The standard InChI is InChI=1S/C25H27Cl2FN4O5/c26-15-8-16(28)20(27)14-7-18(30-21(14)15)25(37)32-9-12-2-1-3-13(12)22(32)24(36)31-17(19(34)10-33)6-11-4-5-29-23(11)35/h7-8,11-13,17,22,30,33H,1-6,9-10H2,(H,29,35)(H,31,36)/t11-,12-,13-,17?,22-/m0/s1. The molecule has 2 saturated heterocycles. The molecule has 3 amide bonds. The van der Waals surface area contributed by atoms with Crippen molar-refractivity contribution in [2.45, 2.75) is 44.2 Å². The number of aromatic amines is 1. The van der Waals surface area contributed by atoms with Crippen molar-refractivity contribution in [3.8, 4) is 0 Å². The number of hydrogen-bond donors (Lipinski definition) is 4. The van der Waals surface area contributed by atoms with E-state index in [2.05, 4.69) is 15.6 Å². The molecule has 5 rings (SSSR count). The monoisotopic (exact) mass is 552 g/mol. The lowest BCUT2D eigenvalue weighted by Gasteiger charge is -2.29. The topological polar surface area (TPSA) is 132 Å². The summed E-state index contributed by atoms with van der Waals surface area (Å²) in [4.78, 5) is 56.2. The Morgan fingerprint density at radius 2 is 2.00 bits per heavy atom. The van der Waals surface area contributed by atoms with E-state index in [-0.39, 0.29) is 45.3 Å². The summed E-state index contributed by atoms with van der Waals surface area (Å²) in [6.45, 7) is 0.0801. The summed E-state index contributed by atoms with van der Waals surface area (Å²) in [7, 11) is 0. The summed E-state index contributed by atoms with van der Waals surface area (Å²) in [6, 6.07) is 0.614. The number of carbonyl (C=O) groups excluding carboxylic acids is 4. The molecule has 2 aliphatic heterocycles. The highest BCUT2D eigenvalue weighted by Crippen LogP contribution is 2.43. The molecule has 3 fully saturated rings. The van der Waals surface area contributed by atoms with Gasteiger partial charge in [0, 0.05) is 24.4 Å². The number of halogens is 3. The lowest BCUT2D eigenvalue weighted by Crippen LogP contribution is -2.53. The highest BCUT2D eigenvalue weighted by molar-refractivity contribution is 6.40. The molecule has 5 atom stereocenters. The third-order valence-electron chi connectivity index (χ3n) is 7.95. The molecule has 1 aliphatic carbocycles. The van der Waals surface area contributed by atoms with Gasteiger partial charge in [-0.15, -0.1) is 0 Å². The van der Waals surface area contributed by atoms with Crippen LogP contribution in [0.4, 0.5) is 4.39 Å². The van der Waals surface area contributed by atoms with E-state index >= 15 is 0 Å². The number of carbonyl (C=O) groups is 4. The fourth-order valence-electron chi connectivity index (χ4n) is 6.10. The summed E-state index contributed by atoms with van der Waals surface area (Å²) in [5.74, 6) is -2.84. The van der Waals surface area contributed by atoms with Gasteiger partial charge >= 0.3 is 0 Å². The van der Waals surface area contributed by atoms with Crippen molar-refractivity contribution in [2.24, 2.45) is 17.8 Å². The molecule has 9 nitrogen and oxygen atoms in total. The second kappa shape index (κ2) is 10.2. The molecule has 4 N–H and O–H groups in total. The first-order valence-electron chi connectivity index (χ1n) is 12.4. The van der Waals surface area contributed by atoms with Gasteiger partial charge in [0.25, 0.3) is 5.91 Å². The molecular formula is C25H27Cl2FN4O5. The Hall–Kier alpha value is -2.69. The van der Waals surface area contributed by atoms with Gasteiger partial charge in [0.15, 0.2) is 5.78 Å². The van der Waals surface area contributed by atoms with Gasteiger partial charge in [0.05, 0.1) is 21.6 Å². The highest BCUT2D eigenvalue weighted by Gasteiger charge is 2.50. The van der Waals surface area contributed by atoms with Gasteiger partial charge in [-0.1, -0.05) is 29.6 Å². The number of aromatic nitrogens is 1. The van der Waals surface area contributed by atoms with Crippen LogP contribution in [0.3, 0.4) is 0 Å². The number of likely N-dealkylation sites (tertiary alicyclic amines) is 1. The van der Waals surface area contributed by atoms with Crippen LogP contribution in [0.5, 0.6) is 0 Å². The van der Waals surface area contributed by atoms with Gasteiger partial charge in [0.2, 0.25) is 11.8 Å². The molecule has 37 heavy (non-hydrogen) atoms. The number of nitrogens with zero attached hydrogens (tertiary/aromatic N) is 1. The van der Waals surface area contributed by atoms with Crippen molar-refractivity contribution in [3.63, 3.8) is 0 Å². The van der Waals surface area contributed by atoms with E-state index in [1.54, 1.807) is 0 Å². The van der Waals surface area contributed by atoms with E-state index in [1.807, 2.05) is 0 Å². The number of nitrogens with one attached hydrogen (secondary N) is 3. The fourth-order valence-corrected chi connectivity index (χ4v) is 6.55. The van der Waals surface area contributed by atoms with Gasteiger partial charge in [-0.2, -0.15) is 0 Å². The van der Waals surface area contributed by atoms with Crippen LogP contribution in [-0.2, 0) is 14.4 Å². The summed E-state index contributed by atoms with van der Waals surface area (Å²) in [6.07, 6.45) is 3.17. The van der Waals surface area contributed by atoms with Crippen LogP contribution in [0.15, 0.2) is 12.1 Å². The number of H-pyrrole nitrogens is 1.